The van der Waals surface area contributed by atoms with Crippen molar-refractivity contribution in [2.45, 2.75) is 26.7 Å². The Morgan fingerprint density at radius 3 is 3.00 bits per heavy atom. The van der Waals surface area contributed by atoms with Gasteiger partial charge in [0, 0.05) is 19.3 Å². The highest BCUT2D eigenvalue weighted by molar-refractivity contribution is 5.34. The van der Waals surface area contributed by atoms with E-state index in [9.17, 15) is 0 Å². The first kappa shape index (κ1) is 10.9. The van der Waals surface area contributed by atoms with Crippen molar-refractivity contribution in [2.24, 2.45) is 5.41 Å². The topological polar surface area (TPSA) is 52.8 Å². The molecular formula is C12H16N4. The van der Waals surface area contributed by atoms with Crippen molar-refractivity contribution in [3.8, 4) is 6.07 Å². The summed E-state index contributed by atoms with van der Waals surface area (Å²) in [7, 11) is 0. The minimum absolute atomic E-state index is 0.310. The van der Waals surface area contributed by atoms with Crippen LogP contribution in [0.5, 0.6) is 0 Å². The van der Waals surface area contributed by atoms with Gasteiger partial charge in [-0.3, -0.25) is 0 Å². The Balaban J connectivity index is 2.21. The van der Waals surface area contributed by atoms with Crippen molar-refractivity contribution >= 4 is 5.95 Å². The molecule has 0 atom stereocenters. The lowest BCUT2D eigenvalue weighted by Crippen LogP contribution is -2.41. The lowest BCUT2D eigenvalue weighted by molar-refractivity contribution is 0.291. The van der Waals surface area contributed by atoms with E-state index < -0.39 is 0 Å². The van der Waals surface area contributed by atoms with E-state index in [0.717, 1.165) is 19.5 Å². The Bertz CT molecular complexity index is 419. The van der Waals surface area contributed by atoms with Crippen LogP contribution in [0, 0.1) is 16.7 Å². The minimum Gasteiger partial charge on any atom is -0.340 e. The van der Waals surface area contributed by atoms with Crippen molar-refractivity contribution in [1.29, 1.82) is 5.26 Å². The molecule has 1 aliphatic heterocycles. The number of hydrogen-bond acceptors (Lipinski definition) is 4. The average molecular weight is 216 g/mol. The quantitative estimate of drug-likeness (QED) is 0.720. The standard InChI is InChI=1S/C12H16N4/c1-12(2)5-3-7-16(9-12)11-14-6-4-10(8-13)15-11/h4,6H,3,5,7,9H2,1-2H3. The lowest BCUT2D eigenvalue weighted by Gasteiger charge is -2.37. The van der Waals surface area contributed by atoms with E-state index in [1.165, 1.54) is 6.42 Å². The van der Waals surface area contributed by atoms with E-state index in [0.29, 0.717) is 17.1 Å². The van der Waals surface area contributed by atoms with Crippen LogP contribution in [0.1, 0.15) is 32.4 Å². The second kappa shape index (κ2) is 4.09. The highest BCUT2D eigenvalue weighted by Gasteiger charge is 2.27. The number of nitrogens with zero attached hydrogens (tertiary/aromatic N) is 4. The highest BCUT2D eigenvalue weighted by Crippen LogP contribution is 2.29. The summed E-state index contributed by atoms with van der Waals surface area (Å²) < 4.78 is 0. The van der Waals surface area contributed by atoms with Gasteiger partial charge in [0.15, 0.2) is 0 Å². The first-order valence-electron chi connectivity index (χ1n) is 5.59. The molecule has 2 rings (SSSR count). The van der Waals surface area contributed by atoms with E-state index >= 15 is 0 Å². The molecule has 1 aromatic rings. The average Bonchev–Trinajstić information content (AvgIpc) is 2.28. The molecule has 84 valence electrons. The van der Waals surface area contributed by atoms with Crippen LogP contribution in [-0.2, 0) is 0 Å². The second-order valence-electron chi connectivity index (χ2n) is 5.04. The smallest absolute Gasteiger partial charge is 0.226 e. The molecule has 16 heavy (non-hydrogen) atoms. The third-order valence-electron chi connectivity index (χ3n) is 2.94. The summed E-state index contributed by atoms with van der Waals surface area (Å²) in [6.07, 6.45) is 4.05. The van der Waals surface area contributed by atoms with Crippen LogP contribution < -0.4 is 4.90 Å². The Morgan fingerprint density at radius 1 is 1.50 bits per heavy atom. The van der Waals surface area contributed by atoms with Gasteiger partial charge in [-0.25, -0.2) is 9.97 Å². The summed E-state index contributed by atoms with van der Waals surface area (Å²) in [5, 5.41) is 8.80. The first-order valence-corrected chi connectivity index (χ1v) is 5.59. The first-order chi connectivity index (χ1) is 7.61. The summed E-state index contributed by atoms with van der Waals surface area (Å²) >= 11 is 0. The van der Waals surface area contributed by atoms with Gasteiger partial charge in [-0.2, -0.15) is 5.26 Å². The SMILES string of the molecule is CC1(C)CCCN(c2nccc(C#N)n2)C1. The maximum absolute atomic E-state index is 8.80. The number of anilines is 1. The molecule has 4 nitrogen and oxygen atoms in total. The van der Waals surface area contributed by atoms with Gasteiger partial charge in [0.1, 0.15) is 11.8 Å². The Labute approximate surface area is 95.9 Å². The van der Waals surface area contributed by atoms with Gasteiger partial charge in [0.05, 0.1) is 0 Å². The van der Waals surface area contributed by atoms with Gasteiger partial charge in [-0.1, -0.05) is 13.8 Å². The molecule has 0 aliphatic carbocycles. The van der Waals surface area contributed by atoms with Gasteiger partial charge in [0.25, 0.3) is 0 Å². The molecule has 1 aromatic heterocycles. The molecule has 0 saturated carbocycles. The van der Waals surface area contributed by atoms with Gasteiger partial charge in [-0.05, 0) is 24.3 Å². The Hall–Kier alpha value is -1.63. The fraction of sp³-hybridized carbons (Fsp3) is 0.583. The Morgan fingerprint density at radius 2 is 2.31 bits per heavy atom. The monoisotopic (exact) mass is 216 g/mol. The van der Waals surface area contributed by atoms with E-state index in [-0.39, 0.29) is 0 Å². The number of rotatable bonds is 1. The van der Waals surface area contributed by atoms with Crippen molar-refractivity contribution in [1.82, 2.24) is 9.97 Å². The molecule has 0 unspecified atom stereocenters. The zero-order chi connectivity index (χ0) is 11.6. The molecular weight excluding hydrogens is 200 g/mol. The predicted molar refractivity (Wildman–Crippen MR) is 62.0 cm³/mol. The van der Waals surface area contributed by atoms with Crippen LogP contribution in [0.3, 0.4) is 0 Å². The van der Waals surface area contributed by atoms with Gasteiger partial charge in [-0.15, -0.1) is 0 Å². The lowest BCUT2D eigenvalue weighted by atomic mass is 9.84. The maximum Gasteiger partial charge on any atom is 0.226 e. The van der Waals surface area contributed by atoms with Crippen molar-refractivity contribution in [2.75, 3.05) is 18.0 Å². The minimum atomic E-state index is 0.310. The molecule has 4 heteroatoms. The van der Waals surface area contributed by atoms with Crippen molar-refractivity contribution in [3.63, 3.8) is 0 Å². The van der Waals surface area contributed by atoms with Crippen LogP contribution in [0.15, 0.2) is 12.3 Å². The molecule has 0 N–H and O–H groups in total. The molecule has 0 amide bonds. The van der Waals surface area contributed by atoms with Crippen LogP contribution in [0.2, 0.25) is 0 Å². The van der Waals surface area contributed by atoms with Gasteiger partial charge >= 0.3 is 0 Å². The predicted octanol–water partition coefficient (Wildman–Crippen LogP) is 1.97. The highest BCUT2D eigenvalue weighted by atomic mass is 15.3. The van der Waals surface area contributed by atoms with E-state index in [2.05, 4.69) is 28.7 Å². The number of aromatic nitrogens is 2. The van der Waals surface area contributed by atoms with Crippen LogP contribution in [-0.4, -0.2) is 23.1 Å². The molecule has 1 fully saturated rings. The maximum atomic E-state index is 8.80. The third-order valence-corrected chi connectivity index (χ3v) is 2.94. The molecule has 2 heterocycles. The van der Waals surface area contributed by atoms with E-state index in [4.69, 9.17) is 5.26 Å². The number of nitriles is 1. The molecule has 1 aliphatic rings. The third kappa shape index (κ3) is 2.30. The molecule has 1 saturated heterocycles. The number of piperidine rings is 1. The summed E-state index contributed by atoms with van der Waals surface area (Å²) in [4.78, 5) is 10.6. The van der Waals surface area contributed by atoms with Crippen LogP contribution in [0.25, 0.3) is 0 Å². The van der Waals surface area contributed by atoms with Crippen molar-refractivity contribution < 1.29 is 0 Å². The second-order valence-corrected chi connectivity index (χ2v) is 5.04. The Kier molecular flexibility index (Phi) is 2.78. The molecule has 0 bridgehead atoms. The largest absolute Gasteiger partial charge is 0.340 e. The number of hydrogen-bond donors (Lipinski definition) is 0. The van der Waals surface area contributed by atoms with Crippen molar-refractivity contribution in [3.05, 3.63) is 18.0 Å². The summed E-state index contributed by atoms with van der Waals surface area (Å²) in [6, 6.07) is 3.69. The van der Waals surface area contributed by atoms with Gasteiger partial charge in [0.2, 0.25) is 5.95 Å². The van der Waals surface area contributed by atoms with E-state index in [1.54, 1.807) is 12.3 Å². The fourth-order valence-electron chi connectivity index (χ4n) is 2.16. The van der Waals surface area contributed by atoms with E-state index in [1.807, 2.05) is 6.07 Å². The normalized spacial score (nSPS) is 19.2. The summed E-state index contributed by atoms with van der Waals surface area (Å²) in [6.45, 7) is 6.46. The fourth-order valence-corrected chi connectivity index (χ4v) is 2.16. The van der Waals surface area contributed by atoms with Crippen LogP contribution >= 0.6 is 0 Å². The zero-order valence-corrected chi connectivity index (χ0v) is 9.77. The molecule has 0 spiro atoms. The summed E-state index contributed by atoms with van der Waals surface area (Å²) in [5.41, 5.74) is 0.748. The summed E-state index contributed by atoms with van der Waals surface area (Å²) in [5.74, 6) is 0.687. The van der Waals surface area contributed by atoms with Crippen LogP contribution in [0.4, 0.5) is 5.95 Å². The zero-order valence-electron chi connectivity index (χ0n) is 9.77. The molecule has 0 radical (unpaired) electrons. The van der Waals surface area contributed by atoms with Gasteiger partial charge < -0.3 is 4.90 Å². The molecule has 0 aromatic carbocycles.